The highest BCUT2D eigenvalue weighted by molar-refractivity contribution is 6.32. The molecule has 1 aromatic heterocycles. The predicted molar refractivity (Wildman–Crippen MR) is 266 cm³/mol. The van der Waals surface area contributed by atoms with Crippen LogP contribution in [0, 0.1) is 29.1 Å². The minimum atomic E-state index is -0.961. The summed E-state index contributed by atoms with van der Waals surface area (Å²) in [6, 6.07) is 20.9. The predicted octanol–water partition coefficient (Wildman–Crippen LogP) is 6.67. The maximum Gasteiger partial charge on any atom is 0.262 e. The Labute approximate surface area is 419 Å². The first-order chi connectivity index (χ1) is 33.9. The maximum atomic E-state index is 13.4. The molecule has 1 aliphatic carbocycles. The van der Waals surface area contributed by atoms with Gasteiger partial charge in [0.05, 0.1) is 33.3 Å². The van der Waals surface area contributed by atoms with Crippen LogP contribution in [-0.2, 0) is 21.6 Å². The Bertz CT molecular complexity index is 2680. The molecule has 3 atom stereocenters. The van der Waals surface area contributed by atoms with Gasteiger partial charge in [-0.2, -0.15) is 5.26 Å². The zero-order chi connectivity index (χ0) is 48.7. The molecule has 0 spiro atoms. The van der Waals surface area contributed by atoms with Crippen LogP contribution in [0.2, 0.25) is 5.02 Å². The summed E-state index contributed by atoms with van der Waals surface area (Å²) in [5, 5.41) is 12.4. The van der Waals surface area contributed by atoms with E-state index in [1.54, 1.807) is 6.07 Å². The van der Waals surface area contributed by atoms with E-state index < -0.39 is 29.2 Å². The monoisotopic (exact) mass is 987 g/mol. The van der Waals surface area contributed by atoms with Crippen LogP contribution in [0.3, 0.4) is 0 Å². The number of hydrogen-bond donors (Lipinski definition) is 1. The van der Waals surface area contributed by atoms with Gasteiger partial charge < -0.3 is 24.2 Å². The van der Waals surface area contributed by atoms with Gasteiger partial charge in [0.1, 0.15) is 31.1 Å². The van der Waals surface area contributed by atoms with Crippen molar-refractivity contribution < 1.29 is 28.7 Å². The molecule has 1 saturated carbocycles. The highest BCUT2D eigenvalue weighted by Gasteiger charge is 2.46. The quantitative estimate of drug-likeness (QED) is 0.105. The number of fused-ring (bicyclic) bond motifs is 2. The third kappa shape index (κ3) is 9.68. The van der Waals surface area contributed by atoms with Gasteiger partial charge in [0, 0.05) is 88.7 Å². The molecule has 0 bridgehead atoms. The zero-order valence-corrected chi connectivity index (χ0v) is 41.3. The molecule has 6 heterocycles. The number of ether oxygens (including phenoxy) is 2. The lowest BCUT2D eigenvalue weighted by atomic mass is 9.77. The van der Waals surface area contributed by atoms with E-state index in [-0.39, 0.29) is 25.4 Å². The standard InChI is InChI=1S/C53H59Cl2N9O6/c1-53(2,38-23-34(28-56)48(45(55)26-38)69-22-14-54)37-3-6-42(7-4-37)70-32-39-11-15-57-52(58-39)63-20-18-62(19-21-63)41-24-35-30-60(31-36(35)25-41)29-33-12-16-61(17-13-33)40-5-8-43-44(27-40)51(68)64(50(43)67)46-9-10-47(65)59-49(46)66/h3-8,11,15,23,26-27,33,35-36,41,46H,9-10,12-14,16-22,24-25,29-32H2,1-2H3,(H,59,65,66). The van der Waals surface area contributed by atoms with Crippen molar-refractivity contribution in [1.29, 1.82) is 5.26 Å². The van der Waals surface area contributed by atoms with Crippen LogP contribution < -0.4 is 24.6 Å². The van der Waals surface area contributed by atoms with Crippen LogP contribution in [0.5, 0.6) is 11.5 Å². The number of piperidine rings is 2. The summed E-state index contributed by atoms with van der Waals surface area (Å²) in [6.07, 6.45) is 6.74. The molecule has 4 aromatic rings. The summed E-state index contributed by atoms with van der Waals surface area (Å²) < 4.78 is 11.9. The molecule has 17 heteroatoms. The SMILES string of the molecule is CC(C)(c1ccc(OCc2ccnc(N3CCN(C4CC5CN(CC6CCN(c7ccc8c(c7)C(=O)N(C7CCC(=O)NC7=O)C8=O)CC6)CC5C4)CC3)n2)cc1)c1cc(Cl)c(OCCCl)c(C#N)c1. The van der Waals surface area contributed by atoms with Gasteiger partial charge in [-0.3, -0.25) is 34.3 Å². The molecule has 70 heavy (non-hydrogen) atoms. The minimum Gasteiger partial charge on any atom is -0.489 e. The Kier molecular flexibility index (Phi) is 13.8. The molecule has 4 saturated heterocycles. The van der Waals surface area contributed by atoms with Crippen molar-refractivity contribution >= 4 is 58.5 Å². The van der Waals surface area contributed by atoms with Gasteiger partial charge in [-0.15, -0.1) is 11.6 Å². The molecule has 3 aromatic carbocycles. The van der Waals surface area contributed by atoms with Crippen LogP contribution in [0.25, 0.3) is 0 Å². The van der Waals surface area contributed by atoms with Gasteiger partial charge in [-0.05, 0) is 110 Å². The molecule has 5 aliphatic heterocycles. The number of benzene rings is 3. The van der Waals surface area contributed by atoms with E-state index in [4.69, 9.17) is 37.7 Å². The molecule has 10 rings (SSSR count). The molecule has 4 amide bonds. The number of alkyl halides is 1. The Balaban J connectivity index is 0.651. The Morgan fingerprint density at radius 3 is 2.26 bits per heavy atom. The zero-order valence-electron chi connectivity index (χ0n) is 39.7. The fourth-order valence-electron chi connectivity index (χ4n) is 11.7. The van der Waals surface area contributed by atoms with Gasteiger partial charge in [0.2, 0.25) is 17.8 Å². The first kappa shape index (κ1) is 47.9. The number of hydrogen-bond acceptors (Lipinski definition) is 13. The van der Waals surface area contributed by atoms with Crippen molar-refractivity contribution in [3.63, 3.8) is 0 Å². The van der Waals surface area contributed by atoms with E-state index in [2.05, 4.69) is 49.8 Å². The number of piperazine rings is 1. The Hall–Kier alpha value is -5.79. The molecule has 1 N–H and O–H groups in total. The minimum absolute atomic E-state index is 0.102. The first-order valence-corrected chi connectivity index (χ1v) is 25.6. The van der Waals surface area contributed by atoms with Crippen LogP contribution in [-0.4, -0.2) is 132 Å². The first-order valence-electron chi connectivity index (χ1n) is 24.7. The summed E-state index contributed by atoms with van der Waals surface area (Å²) in [5.74, 6) is 2.33. The van der Waals surface area contributed by atoms with Gasteiger partial charge in [-0.1, -0.05) is 37.6 Å². The number of aromatic nitrogens is 2. The summed E-state index contributed by atoms with van der Waals surface area (Å²) in [5.41, 5.74) is 4.28. The van der Waals surface area contributed by atoms with E-state index in [1.807, 2.05) is 60.8 Å². The van der Waals surface area contributed by atoms with Crippen molar-refractivity contribution in [2.45, 2.75) is 76.5 Å². The number of halogens is 2. The maximum absolute atomic E-state index is 13.4. The second kappa shape index (κ2) is 20.1. The second-order valence-electron chi connectivity index (χ2n) is 20.3. The highest BCUT2D eigenvalue weighted by Crippen LogP contribution is 2.42. The lowest BCUT2D eigenvalue weighted by Gasteiger charge is -2.39. The van der Waals surface area contributed by atoms with Crippen molar-refractivity contribution in [2.75, 3.05) is 81.2 Å². The second-order valence-corrected chi connectivity index (χ2v) is 21.0. The molecule has 0 radical (unpaired) electrons. The molecule has 3 unspecified atom stereocenters. The summed E-state index contributed by atoms with van der Waals surface area (Å²) in [7, 11) is 0. The number of likely N-dealkylation sites (tertiary alicyclic amines) is 1. The summed E-state index contributed by atoms with van der Waals surface area (Å²) in [6.45, 7) is 13.8. The average molecular weight is 989 g/mol. The van der Waals surface area contributed by atoms with Gasteiger partial charge in [-0.25, -0.2) is 9.97 Å². The van der Waals surface area contributed by atoms with Crippen molar-refractivity contribution in [3.8, 4) is 17.6 Å². The van der Waals surface area contributed by atoms with Gasteiger partial charge in [0.15, 0.2) is 5.75 Å². The average Bonchev–Trinajstić information content (AvgIpc) is 4.02. The van der Waals surface area contributed by atoms with Crippen LogP contribution >= 0.6 is 23.2 Å². The van der Waals surface area contributed by atoms with E-state index >= 15 is 0 Å². The fraction of sp³-hybridized carbons (Fsp3) is 0.491. The number of nitrogens with one attached hydrogen (secondary N) is 1. The fourth-order valence-corrected chi connectivity index (χ4v) is 12.1. The van der Waals surface area contributed by atoms with E-state index in [1.165, 1.54) is 25.9 Å². The number of imide groups is 2. The molecule has 6 aliphatic rings. The van der Waals surface area contributed by atoms with E-state index in [9.17, 15) is 24.4 Å². The Morgan fingerprint density at radius 1 is 0.829 bits per heavy atom. The van der Waals surface area contributed by atoms with Crippen molar-refractivity contribution in [1.82, 2.24) is 30.0 Å². The van der Waals surface area contributed by atoms with Gasteiger partial charge >= 0.3 is 0 Å². The third-order valence-corrected chi connectivity index (χ3v) is 16.1. The molecule has 15 nitrogen and oxygen atoms in total. The smallest absolute Gasteiger partial charge is 0.262 e. The number of rotatable bonds is 14. The summed E-state index contributed by atoms with van der Waals surface area (Å²) >= 11 is 12.4. The van der Waals surface area contributed by atoms with E-state index in [0.717, 1.165) is 110 Å². The van der Waals surface area contributed by atoms with E-state index in [0.29, 0.717) is 51.9 Å². The number of carbonyl (C=O) groups is 4. The number of nitrogens with zero attached hydrogens (tertiary/aromatic N) is 8. The van der Waals surface area contributed by atoms with Crippen molar-refractivity contribution in [2.24, 2.45) is 17.8 Å². The lowest BCUT2D eigenvalue weighted by Crippen LogP contribution is -2.54. The number of carbonyl (C=O) groups excluding carboxylic acids is 4. The van der Waals surface area contributed by atoms with Crippen LogP contribution in [0.4, 0.5) is 11.6 Å². The third-order valence-electron chi connectivity index (χ3n) is 15.7. The molecule has 366 valence electrons. The lowest BCUT2D eigenvalue weighted by molar-refractivity contribution is -0.136. The largest absolute Gasteiger partial charge is 0.489 e. The molecular formula is C53H59Cl2N9O6. The van der Waals surface area contributed by atoms with Crippen LogP contribution in [0.15, 0.2) is 66.9 Å². The topological polar surface area (TPSA) is 165 Å². The molecular weight excluding hydrogens is 930 g/mol. The van der Waals surface area contributed by atoms with Crippen molar-refractivity contribution in [3.05, 3.63) is 105 Å². The highest BCUT2D eigenvalue weighted by atomic mass is 35.5. The molecule has 5 fully saturated rings. The summed E-state index contributed by atoms with van der Waals surface area (Å²) in [4.78, 5) is 71.4. The Morgan fingerprint density at radius 2 is 1.56 bits per heavy atom. The number of anilines is 2. The number of amides is 4. The van der Waals surface area contributed by atoms with Crippen LogP contribution in [0.1, 0.15) is 95.5 Å². The normalized spacial score (nSPS) is 23.4. The number of nitriles is 1. The van der Waals surface area contributed by atoms with Gasteiger partial charge in [0.25, 0.3) is 11.8 Å².